The Morgan fingerprint density at radius 1 is 1.04 bits per heavy atom. The van der Waals surface area contributed by atoms with Gasteiger partial charge in [0.1, 0.15) is 5.82 Å². The summed E-state index contributed by atoms with van der Waals surface area (Å²) in [7, 11) is 1.84. The number of nitrogens with zero attached hydrogens (tertiary/aromatic N) is 1. The second-order valence-electron chi connectivity index (χ2n) is 6.44. The van der Waals surface area contributed by atoms with Crippen LogP contribution in [0.4, 0.5) is 4.39 Å². The molecule has 1 fully saturated rings. The normalized spacial score (nSPS) is 16.3. The number of carbonyl (C=O) groups is 1. The fourth-order valence-corrected chi connectivity index (χ4v) is 3.66. The molecule has 2 aromatic rings. The molecule has 2 aromatic carbocycles. The molecule has 3 heteroatoms. The molecule has 0 N–H and O–H groups in total. The SMILES string of the molecule is CN(Cc1ccc(F)cc1)C(=O)C1(c2ccccc2)CCCC1. The summed E-state index contributed by atoms with van der Waals surface area (Å²) >= 11 is 0. The van der Waals surface area contributed by atoms with Gasteiger partial charge in [-0.05, 0) is 36.1 Å². The highest BCUT2D eigenvalue weighted by molar-refractivity contribution is 5.88. The van der Waals surface area contributed by atoms with Gasteiger partial charge in [-0.1, -0.05) is 55.3 Å². The average molecular weight is 311 g/mol. The fourth-order valence-electron chi connectivity index (χ4n) is 3.66. The van der Waals surface area contributed by atoms with Gasteiger partial charge < -0.3 is 4.90 Å². The number of hydrogen-bond acceptors (Lipinski definition) is 1. The van der Waals surface area contributed by atoms with Crippen LogP contribution in [0.1, 0.15) is 36.8 Å². The van der Waals surface area contributed by atoms with Crippen LogP contribution in [0.5, 0.6) is 0 Å². The summed E-state index contributed by atoms with van der Waals surface area (Å²) in [6, 6.07) is 16.5. The van der Waals surface area contributed by atoms with Gasteiger partial charge in [0.25, 0.3) is 0 Å². The summed E-state index contributed by atoms with van der Waals surface area (Å²) in [6.45, 7) is 0.508. The van der Waals surface area contributed by atoms with E-state index >= 15 is 0 Å². The Morgan fingerprint density at radius 3 is 2.26 bits per heavy atom. The summed E-state index contributed by atoms with van der Waals surface area (Å²) < 4.78 is 13.0. The lowest BCUT2D eigenvalue weighted by molar-refractivity contribution is -0.136. The van der Waals surface area contributed by atoms with Crippen molar-refractivity contribution in [3.8, 4) is 0 Å². The van der Waals surface area contributed by atoms with Gasteiger partial charge in [0.05, 0.1) is 5.41 Å². The van der Waals surface area contributed by atoms with Crippen molar-refractivity contribution in [2.24, 2.45) is 0 Å². The molecule has 0 spiro atoms. The Bertz CT molecular complexity index is 660. The van der Waals surface area contributed by atoms with E-state index < -0.39 is 5.41 Å². The first-order valence-corrected chi connectivity index (χ1v) is 8.17. The third-order valence-electron chi connectivity index (χ3n) is 4.87. The molecule has 3 rings (SSSR count). The minimum Gasteiger partial charge on any atom is -0.341 e. The molecule has 0 bridgehead atoms. The molecule has 120 valence electrons. The highest BCUT2D eigenvalue weighted by Gasteiger charge is 2.43. The van der Waals surface area contributed by atoms with Crippen molar-refractivity contribution in [2.75, 3.05) is 7.05 Å². The molecule has 0 unspecified atom stereocenters. The maximum absolute atomic E-state index is 13.2. The predicted molar refractivity (Wildman–Crippen MR) is 89.5 cm³/mol. The third-order valence-corrected chi connectivity index (χ3v) is 4.87. The molecular weight excluding hydrogens is 289 g/mol. The predicted octanol–water partition coefficient (Wildman–Crippen LogP) is 4.30. The van der Waals surface area contributed by atoms with Crippen LogP contribution in [0.2, 0.25) is 0 Å². The summed E-state index contributed by atoms with van der Waals surface area (Å²) in [4.78, 5) is 15.0. The molecule has 23 heavy (non-hydrogen) atoms. The second-order valence-corrected chi connectivity index (χ2v) is 6.44. The van der Waals surface area contributed by atoms with Crippen LogP contribution in [0.15, 0.2) is 54.6 Å². The maximum atomic E-state index is 13.2. The molecule has 0 heterocycles. The van der Waals surface area contributed by atoms with Crippen LogP contribution < -0.4 is 0 Å². The first-order chi connectivity index (χ1) is 11.1. The van der Waals surface area contributed by atoms with Crippen LogP contribution in [-0.2, 0) is 16.8 Å². The third kappa shape index (κ3) is 3.14. The zero-order valence-corrected chi connectivity index (χ0v) is 13.5. The first-order valence-electron chi connectivity index (χ1n) is 8.17. The van der Waals surface area contributed by atoms with Crippen molar-refractivity contribution in [1.29, 1.82) is 0 Å². The zero-order valence-electron chi connectivity index (χ0n) is 13.5. The molecule has 0 atom stereocenters. The van der Waals surface area contributed by atoms with E-state index in [1.165, 1.54) is 12.1 Å². The van der Waals surface area contributed by atoms with E-state index in [9.17, 15) is 9.18 Å². The van der Waals surface area contributed by atoms with Gasteiger partial charge in [0.2, 0.25) is 5.91 Å². The number of rotatable bonds is 4. The standard InChI is InChI=1S/C20H22FNO/c1-22(15-16-9-11-18(21)12-10-16)19(23)20(13-5-6-14-20)17-7-3-2-4-8-17/h2-4,7-12H,5-6,13-15H2,1H3. The molecule has 0 radical (unpaired) electrons. The minimum atomic E-state index is -0.393. The van der Waals surface area contributed by atoms with E-state index in [0.717, 1.165) is 36.8 Å². The zero-order chi connectivity index (χ0) is 16.3. The highest BCUT2D eigenvalue weighted by atomic mass is 19.1. The maximum Gasteiger partial charge on any atom is 0.233 e. The highest BCUT2D eigenvalue weighted by Crippen LogP contribution is 2.42. The number of hydrogen-bond donors (Lipinski definition) is 0. The largest absolute Gasteiger partial charge is 0.341 e. The van der Waals surface area contributed by atoms with E-state index in [-0.39, 0.29) is 11.7 Å². The van der Waals surface area contributed by atoms with Gasteiger partial charge >= 0.3 is 0 Å². The van der Waals surface area contributed by atoms with Gasteiger partial charge in [-0.3, -0.25) is 4.79 Å². The Kier molecular flexibility index (Phi) is 4.46. The topological polar surface area (TPSA) is 20.3 Å². The van der Waals surface area contributed by atoms with Crippen molar-refractivity contribution in [3.05, 3.63) is 71.5 Å². The van der Waals surface area contributed by atoms with Gasteiger partial charge in [-0.15, -0.1) is 0 Å². The van der Waals surface area contributed by atoms with Crippen LogP contribution in [0, 0.1) is 5.82 Å². The van der Waals surface area contributed by atoms with Crippen molar-refractivity contribution in [3.63, 3.8) is 0 Å². The van der Waals surface area contributed by atoms with Crippen LogP contribution in [0.3, 0.4) is 0 Å². The lowest BCUT2D eigenvalue weighted by Gasteiger charge is -2.33. The number of amides is 1. The summed E-state index contributed by atoms with van der Waals surface area (Å²) in [5.41, 5.74) is 1.67. The van der Waals surface area contributed by atoms with Crippen LogP contribution in [-0.4, -0.2) is 17.9 Å². The van der Waals surface area contributed by atoms with Gasteiger partial charge in [0.15, 0.2) is 0 Å². The molecule has 1 amide bonds. The lowest BCUT2D eigenvalue weighted by Crippen LogP contribution is -2.43. The molecule has 0 aromatic heterocycles. The smallest absolute Gasteiger partial charge is 0.233 e. The van der Waals surface area contributed by atoms with Crippen LogP contribution >= 0.6 is 0 Å². The lowest BCUT2D eigenvalue weighted by atomic mass is 9.77. The average Bonchev–Trinajstić information content (AvgIpc) is 3.08. The Balaban J connectivity index is 1.82. The van der Waals surface area contributed by atoms with E-state index in [1.807, 2.05) is 25.2 Å². The summed E-state index contributed by atoms with van der Waals surface area (Å²) in [6.07, 6.45) is 3.99. The summed E-state index contributed by atoms with van der Waals surface area (Å²) in [5, 5.41) is 0. The van der Waals surface area contributed by atoms with E-state index in [2.05, 4.69) is 12.1 Å². The van der Waals surface area contributed by atoms with Crippen molar-refractivity contribution in [2.45, 2.75) is 37.6 Å². The summed E-state index contributed by atoms with van der Waals surface area (Å²) in [5.74, 6) is -0.0789. The number of benzene rings is 2. The fraction of sp³-hybridized carbons (Fsp3) is 0.350. The minimum absolute atomic E-state index is 0.172. The van der Waals surface area contributed by atoms with Gasteiger partial charge in [-0.2, -0.15) is 0 Å². The first kappa shape index (κ1) is 15.7. The Hall–Kier alpha value is -2.16. The molecule has 2 nitrogen and oxygen atoms in total. The molecular formula is C20H22FNO. The van der Waals surface area contributed by atoms with Crippen molar-refractivity contribution < 1.29 is 9.18 Å². The molecule has 1 aliphatic carbocycles. The monoisotopic (exact) mass is 311 g/mol. The van der Waals surface area contributed by atoms with Gasteiger partial charge in [-0.25, -0.2) is 4.39 Å². The Labute approximate surface area is 136 Å². The van der Waals surface area contributed by atoms with Crippen molar-refractivity contribution >= 4 is 5.91 Å². The van der Waals surface area contributed by atoms with Crippen LogP contribution in [0.25, 0.3) is 0 Å². The van der Waals surface area contributed by atoms with E-state index in [1.54, 1.807) is 17.0 Å². The van der Waals surface area contributed by atoms with Crippen molar-refractivity contribution in [1.82, 2.24) is 4.90 Å². The van der Waals surface area contributed by atoms with E-state index in [0.29, 0.717) is 6.54 Å². The number of halogens is 1. The van der Waals surface area contributed by atoms with Gasteiger partial charge in [0, 0.05) is 13.6 Å². The molecule has 1 aliphatic rings. The second kappa shape index (κ2) is 6.53. The number of likely N-dealkylation sites (N-methyl/N-ethyl adjacent to an activating group) is 1. The molecule has 0 aliphatic heterocycles. The molecule has 0 saturated heterocycles. The number of carbonyl (C=O) groups excluding carboxylic acids is 1. The quantitative estimate of drug-likeness (QED) is 0.824. The Morgan fingerprint density at radius 2 is 1.65 bits per heavy atom. The van der Waals surface area contributed by atoms with E-state index in [4.69, 9.17) is 0 Å². The molecule has 1 saturated carbocycles.